The summed E-state index contributed by atoms with van der Waals surface area (Å²) in [4.78, 5) is 1.62. The number of hydrogen-bond donors (Lipinski definition) is 0. The molecule has 2 aromatic carbocycles. The lowest BCUT2D eigenvalue weighted by molar-refractivity contribution is -0.274. The van der Waals surface area contributed by atoms with Gasteiger partial charge >= 0.3 is 6.36 Å². The average Bonchev–Trinajstić information content (AvgIpc) is 2.37. The number of halogens is 4. The van der Waals surface area contributed by atoms with Gasteiger partial charge in [0.25, 0.3) is 0 Å². The molecule has 0 N–H and O–H groups in total. The largest absolute Gasteiger partial charge is 0.573 e. The molecule has 0 saturated carbocycles. The second kappa shape index (κ2) is 5.63. The molecule has 0 atom stereocenters. The molecule has 0 aliphatic heterocycles. The summed E-state index contributed by atoms with van der Waals surface area (Å²) >= 11 is 0. The Hall–Kier alpha value is -2.24. The van der Waals surface area contributed by atoms with Crippen molar-refractivity contribution in [3.8, 4) is 16.9 Å². The Morgan fingerprint density at radius 3 is 2.10 bits per heavy atom. The van der Waals surface area contributed by atoms with E-state index in [2.05, 4.69) is 4.74 Å². The molecule has 0 aromatic heterocycles. The van der Waals surface area contributed by atoms with Crippen LogP contribution in [0.5, 0.6) is 5.75 Å². The summed E-state index contributed by atoms with van der Waals surface area (Å²) in [7, 11) is 3.39. The van der Waals surface area contributed by atoms with Gasteiger partial charge in [0.05, 0.1) is 5.69 Å². The average molecular weight is 299 g/mol. The first-order valence-electron chi connectivity index (χ1n) is 6.10. The standard InChI is InChI=1S/C15H13F4NO/c1-20(2)14-12(4-3-5-13(14)16)10-6-8-11(9-7-10)21-15(17,18)19/h3-9H,1-2H3. The van der Waals surface area contributed by atoms with Gasteiger partial charge in [-0.1, -0.05) is 24.3 Å². The lowest BCUT2D eigenvalue weighted by Gasteiger charge is -2.18. The maximum Gasteiger partial charge on any atom is 0.573 e. The molecule has 0 unspecified atom stereocenters. The fourth-order valence-corrected chi connectivity index (χ4v) is 2.04. The number of nitrogens with zero attached hydrogens (tertiary/aromatic N) is 1. The van der Waals surface area contributed by atoms with Gasteiger partial charge in [-0.15, -0.1) is 13.2 Å². The van der Waals surface area contributed by atoms with Crippen molar-refractivity contribution in [1.82, 2.24) is 0 Å². The smallest absolute Gasteiger partial charge is 0.406 e. The van der Waals surface area contributed by atoms with Crippen LogP contribution in [0.2, 0.25) is 0 Å². The van der Waals surface area contributed by atoms with E-state index in [4.69, 9.17) is 0 Å². The van der Waals surface area contributed by atoms with Crippen molar-refractivity contribution in [2.45, 2.75) is 6.36 Å². The number of anilines is 1. The molecular weight excluding hydrogens is 286 g/mol. The van der Waals surface area contributed by atoms with E-state index in [1.807, 2.05) is 0 Å². The monoisotopic (exact) mass is 299 g/mol. The van der Waals surface area contributed by atoms with Crippen LogP contribution >= 0.6 is 0 Å². The first-order valence-corrected chi connectivity index (χ1v) is 6.10. The van der Waals surface area contributed by atoms with Crippen molar-refractivity contribution in [2.75, 3.05) is 19.0 Å². The Bertz CT molecular complexity index is 621. The molecule has 0 amide bonds. The lowest BCUT2D eigenvalue weighted by Crippen LogP contribution is -2.17. The summed E-state index contributed by atoms with van der Waals surface area (Å²) in [6.45, 7) is 0. The van der Waals surface area contributed by atoms with Crippen LogP contribution in [0.25, 0.3) is 11.1 Å². The van der Waals surface area contributed by atoms with Gasteiger partial charge < -0.3 is 9.64 Å². The quantitative estimate of drug-likeness (QED) is 0.776. The number of hydrogen-bond acceptors (Lipinski definition) is 2. The van der Waals surface area contributed by atoms with Crippen molar-refractivity contribution in [3.63, 3.8) is 0 Å². The maximum absolute atomic E-state index is 13.9. The normalized spacial score (nSPS) is 11.3. The molecule has 21 heavy (non-hydrogen) atoms. The van der Waals surface area contributed by atoms with E-state index in [9.17, 15) is 17.6 Å². The highest BCUT2D eigenvalue weighted by atomic mass is 19.4. The Balaban J connectivity index is 2.38. The molecule has 2 nitrogen and oxygen atoms in total. The molecule has 0 saturated heterocycles. The Kier molecular flexibility index (Phi) is 4.06. The van der Waals surface area contributed by atoms with E-state index < -0.39 is 12.2 Å². The van der Waals surface area contributed by atoms with Gasteiger partial charge in [0.2, 0.25) is 0 Å². The minimum atomic E-state index is -4.73. The summed E-state index contributed by atoms with van der Waals surface area (Å²) in [5.41, 5.74) is 1.58. The van der Waals surface area contributed by atoms with Gasteiger partial charge in [-0.2, -0.15) is 0 Å². The molecule has 2 aromatic rings. The molecule has 0 aliphatic carbocycles. The zero-order valence-corrected chi connectivity index (χ0v) is 11.4. The highest BCUT2D eigenvalue weighted by Gasteiger charge is 2.31. The SMILES string of the molecule is CN(C)c1c(F)cccc1-c1ccc(OC(F)(F)F)cc1. The van der Waals surface area contributed by atoms with E-state index >= 15 is 0 Å². The molecule has 0 spiro atoms. The highest BCUT2D eigenvalue weighted by Crippen LogP contribution is 2.33. The van der Waals surface area contributed by atoms with Crippen molar-refractivity contribution < 1.29 is 22.3 Å². The zero-order valence-electron chi connectivity index (χ0n) is 11.4. The van der Waals surface area contributed by atoms with Crippen LogP contribution in [0, 0.1) is 5.82 Å². The van der Waals surface area contributed by atoms with Crippen LogP contribution in [-0.2, 0) is 0 Å². The number of benzene rings is 2. The topological polar surface area (TPSA) is 12.5 Å². The molecular formula is C15H13F4NO. The summed E-state index contributed by atoms with van der Waals surface area (Å²) in [5, 5.41) is 0. The van der Waals surface area contributed by atoms with E-state index in [-0.39, 0.29) is 5.75 Å². The second-order valence-electron chi connectivity index (χ2n) is 4.60. The van der Waals surface area contributed by atoms with Gasteiger partial charge in [-0.25, -0.2) is 4.39 Å². The maximum atomic E-state index is 13.9. The summed E-state index contributed by atoms with van der Waals surface area (Å²) in [5.74, 6) is -0.706. The predicted octanol–water partition coefficient (Wildman–Crippen LogP) is 4.46. The van der Waals surface area contributed by atoms with E-state index in [1.54, 1.807) is 31.1 Å². The fourth-order valence-electron chi connectivity index (χ4n) is 2.04. The van der Waals surface area contributed by atoms with Crippen molar-refractivity contribution in [2.24, 2.45) is 0 Å². The molecule has 0 aliphatic rings. The zero-order chi connectivity index (χ0) is 15.6. The summed E-state index contributed by atoms with van der Waals surface area (Å²) in [6, 6.07) is 9.92. The molecule has 2 rings (SSSR count). The van der Waals surface area contributed by atoms with Crippen LogP contribution in [-0.4, -0.2) is 20.5 Å². The minimum absolute atomic E-state index is 0.311. The Labute approximate surface area is 119 Å². The predicted molar refractivity (Wildman–Crippen MR) is 72.8 cm³/mol. The number of alkyl halides is 3. The first-order chi connectivity index (χ1) is 9.78. The van der Waals surface area contributed by atoms with Gasteiger partial charge in [0.15, 0.2) is 0 Å². The second-order valence-corrected chi connectivity index (χ2v) is 4.60. The molecule has 0 fully saturated rings. The number of ether oxygens (including phenoxy) is 1. The van der Waals surface area contributed by atoms with E-state index in [0.29, 0.717) is 16.8 Å². The van der Waals surface area contributed by atoms with Crippen molar-refractivity contribution >= 4 is 5.69 Å². The minimum Gasteiger partial charge on any atom is -0.406 e. The van der Waals surface area contributed by atoms with Crippen LogP contribution in [0.1, 0.15) is 0 Å². The molecule has 6 heteroatoms. The van der Waals surface area contributed by atoms with Gasteiger partial charge in [-0.05, 0) is 23.8 Å². The first kappa shape index (κ1) is 15.2. The highest BCUT2D eigenvalue weighted by molar-refractivity contribution is 5.79. The number of para-hydroxylation sites is 1. The lowest BCUT2D eigenvalue weighted by atomic mass is 10.0. The Morgan fingerprint density at radius 1 is 0.952 bits per heavy atom. The van der Waals surface area contributed by atoms with Crippen molar-refractivity contribution in [1.29, 1.82) is 0 Å². The fraction of sp³-hybridized carbons (Fsp3) is 0.200. The summed E-state index contributed by atoms with van der Waals surface area (Å²) in [6.07, 6.45) is -4.73. The summed E-state index contributed by atoms with van der Waals surface area (Å²) < 4.78 is 54.0. The van der Waals surface area contributed by atoms with E-state index in [0.717, 1.165) is 0 Å². The molecule has 112 valence electrons. The van der Waals surface area contributed by atoms with Gasteiger partial charge in [0.1, 0.15) is 11.6 Å². The van der Waals surface area contributed by atoms with Crippen LogP contribution in [0.15, 0.2) is 42.5 Å². The van der Waals surface area contributed by atoms with Crippen LogP contribution in [0.4, 0.5) is 23.2 Å². The van der Waals surface area contributed by atoms with Gasteiger partial charge in [-0.3, -0.25) is 0 Å². The molecule has 0 heterocycles. The van der Waals surface area contributed by atoms with Crippen LogP contribution < -0.4 is 9.64 Å². The third-order valence-corrected chi connectivity index (χ3v) is 2.83. The van der Waals surface area contributed by atoms with Gasteiger partial charge in [0, 0.05) is 19.7 Å². The van der Waals surface area contributed by atoms with Crippen LogP contribution in [0.3, 0.4) is 0 Å². The molecule has 0 radical (unpaired) electrons. The Morgan fingerprint density at radius 2 is 1.57 bits per heavy atom. The third kappa shape index (κ3) is 3.65. The van der Waals surface area contributed by atoms with Crippen molar-refractivity contribution in [3.05, 3.63) is 48.3 Å². The third-order valence-electron chi connectivity index (χ3n) is 2.83. The molecule has 0 bridgehead atoms. The number of rotatable bonds is 3. The van der Waals surface area contributed by atoms with E-state index in [1.165, 1.54) is 30.3 Å².